The normalized spacial score (nSPS) is 23.8. The van der Waals surface area contributed by atoms with Gasteiger partial charge < -0.3 is 5.32 Å². The fourth-order valence-electron chi connectivity index (χ4n) is 2.93. The van der Waals surface area contributed by atoms with Crippen LogP contribution in [-0.4, -0.2) is 37.1 Å². The number of carbonyl (C=O) groups is 1. The number of anilines is 1. The summed E-state index contributed by atoms with van der Waals surface area (Å²) in [7, 11) is 0. The van der Waals surface area contributed by atoms with Crippen LogP contribution >= 0.6 is 11.6 Å². The third kappa shape index (κ3) is 2.14. The van der Waals surface area contributed by atoms with Gasteiger partial charge in [-0.05, 0) is 24.1 Å². The Morgan fingerprint density at radius 3 is 2.79 bits per heavy atom. The van der Waals surface area contributed by atoms with Crippen LogP contribution in [0.4, 0.5) is 5.69 Å². The smallest absolute Gasteiger partial charge is 0.249 e. The topological polar surface area (TPSA) is 35.6 Å². The summed E-state index contributed by atoms with van der Waals surface area (Å²) < 4.78 is 0. The predicted molar refractivity (Wildman–Crippen MR) is 76.4 cm³/mol. The van der Waals surface area contributed by atoms with Gasteiger partial charge in [0.05, 0.1) is 11.6 Å². The molecule has 2 aliphatic heterocycles. The van der Waals surface area contributed by atoms with Gasteiger partial charge in [0.25, 0.3) is 0 Å². The van der Waals surface area contributed by atoms with Gasteiger partial charge in [-0.2, -0.15) is 0 Å². The van der Waals surface area contributed by atoms with Crippen molar-refractivity contribution in [2.24, 2.45) is 0 Å². The number of hydrogen-bond acceptors (Lipinski definition) is 3. The molecule has 2 heterocycles. The summed E-state index contributed by atoms with van der Waals surface area (Å²) in [5, 5.41) is 7.96. The summed E-state index contributed by atoms with van der Waals surface area (Å²) in [5.74, 6) is 0.156. The summed E-state index contributed by atoms with van der Waals surface area (Å²) in [5.41, 5.74) is 2.07. The first-order chi connectivity index (χ1) is 9.22. The van der Waals surface area contributed by atoms with Gasteiger partial charge in [-0.3, -0.25) is 4.79 Å². The van der Waals surface area contributed by atoms with E-state index in [1.807, 2.05) is 23.2 Å². The summed E-state index contributed by atoms with van der Waals surface area (Å²) >= 11 is 6.10. The zero-order chi connectivity index (χ0) is 13.4. The predicted octanol–water partition coefficient (Wildman–Crippen LogP) is 2.00. The molecule has 0 aromatic heterocycles. The lowest BCUT2D eigenvalue weighted by Crippen LogP contribution is -2.54. The number of amides is 1. The van der Waals surface area contributed by atoms with E-state index in [-0.39, 0.29) is 11.8 Å². The van der Waals surface area contributed by atoms with Gasteiger partial charge >= 0.3 is 0 Å². The molecule has 3 rings (SSSR count). The number of hydrazine groups is 1. The van der Waals surface area contributed by atoms with Crippen molar-refractivity contribution >= 4 is 23.2 Å². The van der Waals surface area contributed by atoms with Gasteiger partial charge in [-0.1, -0.05) is 24.6 Å². The zero-order valence-corrected chi connectivity index (χ0v) is 11.8. The second-order valence-electron chi connectivity index (χ2n) is 5.02. The van der Waals surface area contributed by atoms with Crippen LogP contribution in [0, 0.1) is 0 Å². The van der Waals surface area contributed by atoms with Gasteiger partial charge in [0.15, 0.2) is 0 Å². The van der Waals surface area contributed by atoms with Crippen molar-refractivity contribution in [3.63, 3.8) is 0 Å². The first-order valence-corrected chi connectivity index (χ1v) is 7.19. The number of halogens is 1. The molecule has 1 atom stereocenters. The van der Waals surface area contributed by atoms with Crippen molar-refractivity contribution in [1.29, 1.82) is 0 Å². The second kappa shape index (κ2) is 5.12. The van der Waals surface area contributed by atoms with Crippen molar-refractivity contribution in [2.75, 3.05) is 31.2 Å². The van der Waals surface area contributed by atoms with E-state index >= 15 is 0 Å². The molecule has 0 radical (unpaired) electrons. The Kier molecular flexibility index (Phi) is 3.48. The minimum atomic E-state index is -0.0258. The van der Waals surface area contributed by atoms with Crippen molar-refractivity contribution in [2.45, 2.75) is 19.3 Å². The fraction of sp³-hybridized carbons (Fsp3) is 0.500. The second-order valence-corrected chi connectivity index (χ2v) is 5.45. The number of rotatable bonds is 2. The number of piperazine rings is 1. The molecule has 1 unspecified atom stereocenters. The number of carbonyl (C=O) groups excluding carboxylic acids is 1. The SMILES string of the molecule is CCC1C(=O)N(N2CCNCC2)c2cc(Cl)ccc21. The number of nitrogens with zero attached hydrogens (tertiary/aromatic N) is 2. The molecular weight excluding hydrogens is 262 g/mol. The maximum absolute atomic E-state index is 12.6. The highest BCUT2D eigenvalue weighted by Crippen LogP contribution is 2.41. The average molecular weight is 280 g/mol. The molecule has 19 heavy (non-hydrogen) atoms. The van der Waals surface area contributed by atoms with Crippen LogP contribution in [0.1, 0.15) is 24.8 Å². The number of hydrogen-bond donors (Lipinski definition) is 1. The Labute approximate surface area is 118 Å². The molecular formula is C14H18ClN3O. The lowest BCUT2D eigenvalue weighted by Gasteiger charge is -2.35. The van der Waals surface area contributed by atoms with Crippen LogP contribution < -0.4 is 10.3 Å². The number of nitrogens with one attached hydrogen (secondary N) is 1. The first kappa shape index (κ1) is 12.9. The maximum Gasteiger partial charge on any atom is 0.249 e. The molecule has 1 saturated heterocycles. The molecule has 2 aliphatic rings. The molecule has 1 fully saturated rings. The molecule has 1 aromatic carbocycles. The van der Waals surface area contributed by atoms with Crippen LogP contribution in [0.15, 0.2) is 18.2 Å². The van der Waals surface area contributed by atoms with E-state index in [1.165, 1.54) is 0 Å². The zero-order valence-electron chi connectivity index (χ0n) is 11.0. The first-order valence-electron chi connectivity index (χ1n) is 6.81. The molecule has 4 nitrogen and oxygen atoms in total. The summed E-state index contributed by atoms with van der Waals surface area (Å²) in [6.07, 6.45) is 0.829. The van der Waals surface area contributed by atoms with E-state index in [4.69, 9.17) is 11.6 Å². The average Bonchev–Trinajstić information content (AvgIpc) is 2.70. The van der Waals surface area contributed by atoms with Crippen LogP contribution in [0.25, 0.3) is 0 Å². The lowest BCUT2D eigenvalue weighted by atomic mass is 9.98. The quantitative estimate of drug-likeness (QED) is 0.899. The molecule has 102 valence electrons. The molecule has 0 bridgehead atoms. The van der Waals surface area contributed by atoms with Crippen LogP contribution in [0.2, 0.25) is 5.02 Å². The standard InChI is InChI=1S/C14H18ClN3O/c1-2-11-12-4-3-10(15)9-13(12)18(14(11)19)17-7-5-16-6-8-17/h3-4,9,11,16H,2,5-8H2,1H3. The van der Waals surface area contributed by atoms with Crippen molar-refractivity contribution in [3.05, 3.63) is 28.8 Å². The monoisotopic (exact) mass is 279 g/mol. The Bertz CT molecular complexity index is 499. The van der Waals surface area contributed by atoms with E-state index in [1.54, 1.807) is 0 Å². The van der Waals surface area contributed by atoms with Gasteiger partial charge in [0.1, 0.15) is 0 Å². The largest absolute Gasteiger partial charge is 0.314 e. The van der Waals surface area contributed by atoms with E-state index < -0.39 is 0 Å². The summed E-state index contributed by atoms with van der Waals surface area (Å²) in [4.78, 5) is 12.6. The molecule has 1 N–H and O–H groups in total. The highest BCUT2D eigenvalue weighted by molar-refractivity contribution is 6.31. The van der Waals surface area contributed by atoms with E-state index in [0.29, 0.717) is 5.02 Å². The Balaban J connectivity index is 2.00. The minimum Gasteiger partial charge on any atom is -0.314 e. The Morgan fingerprint density at radius 1 is 1.37 bits per heavy atom. The summed E-state index contributed by atoms with van der Waals surface area (Å²) in [6, 6.07) is 5.77. The molecule has 0 saturated carbocycles. The number of benzene rings is 1. The van der Waals surface area contributed by atoms with Gasteiger partial charge in [-0.15, -0.1) is 0 Å². The van der Waals surface area contributed by atoms with Gasteiger partial charge in [0, 0.05) is 31.2 Å². The van der Waals surface area contributed by atoms with Crippen molar-refractivity contribution < 1.29 is 4.79 Å². The number of fused-ring (bicyclic) bond motifs is 1. The third-order valence-corrected chi connectivity index (χ3v) is 4.12. The van der Waals surface area contributed by atoms with Crippen LogP contribution in [-0.2, 0) is 4.79 Å². The molecule has 5 heteroatoms. The lowest BCUT2D eigenvalue weighted by molar-refractivity contribution is -0.122. The maximum atomic E-state index is 12.6. The van der Waals surface area contributed by atoms with Crippen LogP contribution in [0.5, 0.6) is 0 Å². The van der Waals surface area contributed by atoms with Crippen molar-refractivity contribution in [3.8, 4) is 0 Å². The Hall–Kier alpha value is -1.10. The third-order valence-electron chi connectivity index (χ3n) is 3.89. The molecule has 1 amide bonds. The Morgan fingerprint density at radius 2 is 2.11 bits per heavy atom. The van der Waals surface area contributed by atoms with E-state index in [0.717, 1.165) is 43.9 Å². The summed E-state index contributed by atoms with van der Waals surface area (Å²) in [6.45, 7) is 5.59. The van der Waals surface area contributed by atoms with Gasteiger partial charge in [0.2, 0.25) is 5.91 Å². The van der Waals surface area contributed by atoms with E-state index in [9.17, 15) is 4.79 Å². The van der Waals surface area contributed by atoms with E-state index in [2.05, 4.69) is 17.2 Å². The fourth-order valence-corrected chi connectivity index (χ4v) is 3.10. The van der Waals surface area contributed by atoms with Crippen molar-refractivity contribution in [1.82, 2.24) is 10.3 Å². The van der Waals surface area contributed by atoms with Gasteiger partial charge in [-0.25, -0.2) is 10.0 Å². The molecule has 0 spiro atoms. The molecule has 1 aromatic rings. The highest BCUT2D eigenvalue weighted by atomic mass is 35.5. The highest BCUT2D eigenvalue weighted by Gasteiger charge is 2.39. The minimum absolute atomic E-state index is 0.0258. The molecule has 0 aliphatic carbocycles. The van der Waals surface area contributed by atoms with Crippen LogP contribution in [0.3, 0.4) is 0 Å².